The van der Waals surface area contributed by atoms with Crippen LogP contribution in [0, 0.1) is 0 Å². The lowest BCUT2D eigenvalue weighted by Gasteiger charge is -2.28. The fourth-order valence-corrected chi connectivity index (χ4v) is 3.55. The minimum absolute atomic E-state index is 0.410. The van der Waals surface area contributed by atoms with Crippen molar-refractivity contribution in [2.75, 3.05) is 11.4 Å². The first-order chi connectivity index (χ1) is 11.3. The number of fused-ring (bicyclic) bond motifs is 1. The van der Waals surface area contributed by atoms with Crippen LogP contribution in [0.3, 0.4) is 0 Å². The lowest BCUT2D eigenvalue weighted by molar-refractivity contribution is 0.638. The largest absolute Gasteiger partial charge is 0.359 e. The molecule has 0 radical (unpaired) electrons. The van der Waals surface area contributed by atoms with Gasteiger partial charge in [-0.05, 0) is 54.7 Å². The van der Waals surface area contributed by atoms with Crippen LogP contribution in [0.1, 0.15) is 30.9 Å². The SMILES string of the molecule is CCCCN(C(=S)NC1Cc2ccccc2C1)c1ccccc1. The molecule has 0 unspecified atom stereocenters. The second kappa shape index (κ2) is 7.60. The topological polar surface area (TPSA) is 15.3 Å². The summed E-state index contributed by atoms with van der Waals surface area (Å²) in [6, 6.07) is 19.6. The Morgan fingerprint density at radius 3 is 2.26 bits per heavy atom. The van der Waals surface area contributed by atoms with Gasteiger partial charge in [0.1, 0.15) is 0 Å². The number of unbranched alkanes of at least 4 members (excludes halogenated alkanes) is 1. The summed E-state index contributed by atoms with van der Waals surface area (Å²) in [7, 11) is 0. The second-order valence-electron chi connectivity index (χ2n) is 6.16. The first-order valence-electron chi connectivity index (χ1n) is 8.47. The number of hydrogen-bond acceptors (Lipinski definition) is 1. The molecule has 0 amide bonds. The monoisotopic (exact) mass is 324 g/mol. The zero-order valence-corrected chi connectivity index (χ0v) is 14.5. The van der Waals surface area contributed by atoms with E-state index in [0.29, 0.717) is 6.04 Å². The van der Waals surface area contributed by atoms with Crippen LogP contribution < -0.4 is 10.2 Å². The van der Waals surface area contributed by atoms with Gasteiger partial charge in [0.15, 0.2) is 5.11 Å². The summed E-state index contributed by atoms with van der Waals surface area (Å²) >= 11 is 5.73. The molecule has 0 atom stereocenters. The Morgan fingerprint density at radius 2 is 1.65 bits per heavy atom. The molecule has 0 saturated carbocycles. The average molecular weight is 324 g/mol. The molecule has 0 bridgehead atoms. The summed E-state index contributed by atoms with van der Waals surface area (Å²) in [4.78, 5) is 2.24. The van der Waals surface area contributed by atoms with Crippen LogP contribution >= 0.6 is 12.2 Å². The van der Waals surface area contributed by atoms with E-state index in [1.54, 1.807) is 0 Å². The van der Waals surface area contributed by atoms with Gasteiger partial charge in [0.05, 0.1) is 0 Å². The number of nitrogens with one attached hydrogen (secondary N) is 1. The van der Waals surface area contributed by atoms with Gasteiger partial charge in [-0.2, -0.15) is 0 Å². The molecule has 0 saturated heterocycles. The number of benzene rings is 2. The molecular formula is C20H24N2S. The Morgan fingerprint density at radius 1 is 1.04 bits per heavy atom. The number of para-hydroxylation sites is 1. The molecule has 23 heavy (non-hydrogen) atoms. The number of hydrogen-bond donors (Lipinski definition) is 1. The Hall–Kier alpha value is -1.87. The van der Waals surface area contributed by atoms with Gasteiger partial charge < -0.3 is 10.2 Å². The molecule has 0 heterocycles. The molecule has 0 aromatic heterocycles. The fraction of sp³-hybridized carbons (Fsp3) is 0.350. The predicted octanol–water partition coefficient (Wildman–Crippen LogP) is 4.34. The fourth-order valence-electron chi connectivity index (χ4n) is 3.19. The van der Waals surface area contributed by atoms with E-state index in [4.69, 9.17) is 12.2 Å². The summed E-state index contributed by atoms with van der Waals surface area (Å²) in [6.45, 7) is 3.18. The summed E-state index contributed by atoms with van der Waals surface area (Å²) in [5.41, 5.74) is 4.08. The maximum absolute atomic E-state index is 5.73. The van der Waals surface area contributed by atoms with Crippen molar-refractivity contribution in [1.82, 2.24) is 5.32 Å². The predicted molar refractivity (Wildman–Crippen MR) is 102 cm³/mol. The van der Waals surface area contributed by atoms with Crippen molar-refractivity contribution in [2.24, 2.45) is 0 Å². The summed E-state index contributed by atoms with van der Waals surface area (Å²) < 4.78 is 0. The highest BCUT2D eigenvalue weighted by molar-refractivity contribution is 7.80. The lowest BCUT2D eigenvalue weighted by Crippen LogP contribution is -2.45. The lowest BCUT2D eigenvalue weighted by atomic mass is 10.1. The summed E-state index contributed by atoms with van der Waals surface area (Å²) in [6.07, 6.45) is 4.43. The van der Waals surface area contributed by atoms with Gasteiger partial charge in [-0.25, -0.2) is 0 Å². The third-order valence-corrected chi connectivity index (χ3v) is 4.77. The standard InChI is InChI=1S/C20H24N2S/c1-2-3-13-22(19-11-5-4-6-12-19)20(23)21-18-14-16-9-7-8-10-17(16)15-18/h4-12,18H,2-3,13-15H2,1H3,(H,21,23). The molecule has 1 N–H and O–H groups in total. The van der Waals surface area contributed by atoms with E-state index in [1.165, 1.54) is 23.2 Å². The minimum Gasteiger partial charge on any atom is -0.359 e. The van der Waals surface area contributed by atoms with E-state index >= 15 is 0 Å². The quantitative estimate of drug-likeness (QED) is 0.824. The van der Waals surface area contributed by atoms with Gasteiger partial charge >= 0.3 is 0 Å². The van der Waals surface area contributed by atoms with E-state index < -0.39 is 0 Å². The summed E-state index contributed by atoms with van der Waals surface area (Å²) in [5.74, 6) is 0. The average Bonchev–Trinajstić information content (AvgIpc) is 2.98. The Labute approximate surface area is 144 Å². The van der Waals surface area contributed by atoms with Gasteiger partial charge in [-0.1, -0.05) is 55.8 Å². The zero-order chi connectivity index (χ0) is 16.1. The van der Waals surface area contributed by atoms with Crippen molar-refractivity contribution in [3.05, 3.63) is 65.7 Å². The molecule has 120 valence electrons. The molecule has 3 heteroatoms. The highest BCUT2D eigenvalue weighted by atomic mass is 32.1. The van der Waals surface area contributed by atoms with Crippen LogP contribution in [0.5, 0.6) is 0 Å². The van der Waals surface area contributed by atoms with Crippen molar-refractivity contribution in [3.63, 3.8) is 0 Å². The van der Waals surface area contributed by atoms with Crippen molar-refractivity contribution in [3.8, 4) is 0 Å². The second-order valence-corrected chi connectivity index (χ2v) is 6.55. The van der Waals surface area contributed by atoms with Gasteiger partial charge in [-0.3, -0.25) is 0 Å². The van der Waals surface area contributed by atoms with Crippen LogP contribution in [0.15, 0.2) is 54.6 Å². The van der Waals surface area contributed by atoms with Gasteiger partial charge in [0.2, 0.25) is 0 Å². The van der Waals surface area contributed by atoms with Crippen molar-refractivity contribution < 1.29 is 0 Å². The number of thiocarbonyl (C=S) groups is 1. The van der Waals surface area contributed by atoms with E-state index in [0.717, 1.165) is 30.9 Å². The van der Waals surface area contributed by atoms with E-state index in [-0.39, 0.29) is 0 Å². The summed E-state index contributed by atoms with van der Waals surface area (Å²) in [5, 5.41) is 4.44. The van der Waals surface area contributed by atoms with Crippen LogP contribution in [0.2, 0.25) is 0 Å². The van der Waals surface area contributed by atoms with E-state index in [1.807, 2.05) is 6.07 Å². The third kappa shape index (κ3) is 3.91. The highest BCUT2D eigenvalue weighted by Crippen LogP contribution is 2.22. The highest BCUT2D eigenvalue weighted by Gasteiger charge is 2.23. The van der Waals surface area contributed by atoms with Crippen LogP contribution in [-0.4, -0.2) is 17.7 Å². The molecule has 0 spiro atoms. The zero-order valence-electron chi connectivity index (χ0n) is 13.7. The molecule has 0 fully saturated rings. The first-order valence-corrected chi connectivity index (χ1v) is 8.88. The molecule has 3 rings (SSSR count). The molecule has 2 aromatic rings. The molecular weight excluding hydrogens is 300 g/mol. The van der Waals surface area contributed by atoms with E-state index in [2.05, 4.69) is 65.7 Å². The molecule has 1 aliphatic carbocycles. The number of rotatable bonds is 5. The maximum Gasteiger partial charge on any atom is 0.173 e. The molecule has 0 aliphatic heterocycles. The van der Waals surface area contributed by atoms with Gasteiger partial charge in [-0.15, -0.1) is 0 Å². The normalized spacial score (nSPS) is 13.6. The van der Waals surface area contributed by atoms with Gasteiger partial charge in [0.25, 0.3) is 0 Å². The molecule has 2 aromatic carbocycles. The minimum atomic E-state index is 0.410. The Balaban J connectivity index is 1.67. The third-order valence-electron chi connectivity index (χ3n) is 4.43. The van der Waals surface area contributed by atoms with Crippen molar-refractivity contribution >= 4 is 23.0 Å². The number of anilines is 1. The molecule has 2 nitrogen and oxygen atoms in total. The Bertz CT molecular complexity index is 629. The van der Waals surface area contributed by atoms with E-state index in [9.17, 15) is 0 Å². The van der Waals surface area contributed by atoms with Crippen LogP contribution in [0.4, 0.5) is 5.69 Å². The van der Waals surface area contributed by atoms with Crippen LogP contribution in [-0.2, 0) is 12.8 Å². The number of nitrogens with zero attached hydrogens (tertiary/aromatic N) is 1. The van der Waals surface area contributed by atoms with Crippen molar-refractivity contribution in [1.29, 1.82) is 0 Å². The Kier molecular flexibility index (Phi) is 5.29. The first kappa shape index (κ1) is 16.0. The van der Waals surface area contributed by atoms with Crippen molar-refractivity contribution in [2.45, 2.75) is 38.6 Å². The smallest absolute Gasteiger partial charge is 0.173 e. The maximum atomic E-state index is 5.73. The molecule has 1 aliphatic rings. The van der Waals surface area contributed by atoms with Gasteiger partial charge in [0, 0.05) is 18.3 Å². The van der Waals surface area contributed by atoms with Crippen LogP contribution in [0.25, 0.3) is 0 Å².